The lowest BCUT2D eigenvalue weighted by Gasteiger charge is -2.08. The lowest BCUT2D eigenvalue weighted by atomic mass is 10.0. The maximum absolute atomic E-state index is 11.3. The molecule has 1 N–H and O–H groups in total. The van der Waals surface area contributed by atoms with Crippen molar-refractivity contribution in [1.29, 1.82) is 0 Å². The van der Waals surface area contributed by atoms with Crippen molar-refractivity contribution in [3.05, 3.63) is 48.1 Å². The van der Waals surface area contributed by atoms with Crippen LogP contribution in [0.2, 0.25) is 0 Å². The Hall–Kier alpha value is -2.03. The fourth-order valence-electron chi connectivity index (χ4n) is 3.61. The van der Waals surface area contributed by atoms with E-state index in [4.69, 9.17) is 4.74 Å². The SMILES string of the molecule is C=C(CCCCCCCCCC)CCCCCNc1ccc(/C=C/C(=O)OCC)cc1. The highest BCUT2D eigenvalue weighted by atomic mass is 16.5. The Labute approximate surface area is 191 Å². The molecule has 0 bridgehead atoms. The summed E-state index contributed by atoms with van der Waals surface area (Å²) < 4.78 is 4.89. The van der Waals surface area contributed by atoms with Crippen LogP contribution in [0.3, 0.4) is 0 Å². The van der Waals surface area contributed by atoms with Crippen molar-refractivity contribution < 1.29 is 9.53 Å². The molecule has 0 radical (unpaired) electrons. The van der Waals surface area contributed by atoms with Crippen molar-refractivity contribution in [3.8, 4) is 0 Å². The quantitative estimate of drug-likeness (QED) is 0.104. The second-order valence-corrected chi connectivity index (χ2v) is 8.42. The van der Waals surface area contributed by atoms with Crippen LogP contribution in [0, 0.1) is 0 Å². The molecule has 0 aliphatic rings. The number of ether oxygens (including phenoxy) is 1. The first-order chi connectivity index (χ1) is 15.2. The van der Waals surface area contributed by atoms with Crippen LogP contribution in [0.4, 0.5) is 5.69 Å². The summed E-state index contributed by atoms with van der Waals surface area (Å²) in [5.41, 5.74) is 3.55. The Morgan fingerprint density at radius 3 is 2.06 bits per heavy atom. The van der Waals surface area contributed by atoms with Crippen molar-refractivity contribution in [3.63, 3.8) is 0 Å². The highest BCUT2D eigenvalue weighted by Crippen LogP contribution is 2.17. The number of esters is 1. The molecule has 1 rings (SSSR count). The molecule has 0 unspecified atom stereocenters. The van der Waals surface area contributed by atoms with Crippen LogP contribution in [0.5, 0.6) is 0 Å². The lowest BCUT2D eigenvalue weighted by Crippen LogP contribution is -2.01. The van der Waals surface area contributed by atoms with E-state index in [9.17, 15) is 4.79 Å². The first-order valence-electron chi connectivity index (χ1n) is 12.5. The van der Waals surface area contributed by atoms with E-state index >= 15 is 0 Å². The number of allylic oxidation sites excluding steroid dienone is 1. The van der Waals surface area contributed by atoms with Gasteiger partial charge in [0.05, 0.1) is 6.61 Å². The number of unbranched alkanes of at least 4 members (excludes halogenated alkanes) is 9. The smallest absolute Gasteiger partial charge is 0.330 e. The summed E-state index contributed by atoms with van der Waals surface area (Å²) in [7, 11) is 0. The average Bonchev–Trinajstić information content (AvgIpc) is 2.77. The number of carbonyl (C=O) groups excluding carboxylic acids is 1. The van der Waals surface area contributed by atoms with Crippen molar-refractivity contribution in [2.45, 2.75) is 97.3 Å². The van der Waals surface area contributed by atoms with Gasteiger partial charge in [-0.05, 0) is 62.8 Å². The molecule has 0 saturated carbocycles. The van der Waals surface area contributed by atoms with Gasteiger partial charge in [0.2, 0.25) is 0 Å². The molecule has 0 spiro atoms. The summed E-state index contributed by atoms with van der Waals surface area (Å²) in [5.74, 6) is -0.301. The molecule has 1 aromatic carbocycles. The predicted molar refractivity (Wildman–Crippen MR) is 135 cm³/mol. The Morgan fingerprint density at radius 2 is 1.45 bits per heavy atom. The zero-order valence-corrected chi connectivity index (χ0v) is 20.1. The van der Waals surface area contributed by atoms with Gasteiger partial charge in [0.25, 0.3) is 0 Å². The molecule has 0 aromatic heterocycles. The van der Waals surface area contributed by atoms with Crippen LogP contribution < -0.4 is 5.32 Å². The molecule has 3 heteroatoms. The largest absolute Gasteiger partial charge is 0.463 e. The highest BCUT2D eigenvalue weighted by molar-refractivity contribution is 5.87. The van der Waals surface area contributed by atoms with E-state index in [2.05, 4.69) is 31.0 Å². The molecule has 0 fully saturated rings. The van der Waals surface area contributed by atoms with Crippen molar-refractivity contribution in [1.82, 2.24) is 0 Å². The number of hydrogen-bond donors (Lipinski definition) is 1. The molecule has 3 nitrogen and oxygen atoms in total. The Bertz CT molecular complexity index is 618. The molecule has 0 atom stereocenters. The Balaban J connectivity index is 2.00. The fraction of sp³-hybridized carbons (Fsp3) is 0.607. The number of nitrogens with one attached hydrogen (secondary N) is 1. The van der Waals surface area contributed by atoms with E-state index in [-0.39, 0.29) is 5.97 Å². The van der Waals surface area contributed by atoms with Gasteiger partial charge in [0, 0.05) is 18.3 Å². The van der Waals surface area contributed by atoms with Gasteiger partial charge in [-0.15, -0.1) is 0 Å². The van der Waals surface area contributed by atoms with Crippen LogP contribution in [-0.2, 0) is 9.53 Å². The zero-order valence-electron chi connectivity index (χ0n) is 20.1. The summed E-state index contributed by atoms with van der Waals surface area (Å²) in [6.07, 6.45) is 20.4. The summed E-state index contributed by atoms with van der Waals surface area (Å²) in [5, 5.41) is 3.47. The maximum Gasteiger partial charge on any atom is 0.330 e. The fourth-order valence-corrected chi connectivity index (χ4v) is 3.61. The Kier molecular flexibility index (Phi) is 16.3. The Morgan fingerprint density at radius 1 is 0.871 bits per heavy atom. The number of hydrogen-bond acceptors (Lipinski definition) is 3. The molecule has 0 aliphatic heterocycles. The van der Waals surface area contributed by atoms with E-state index in [0.717, 1.165) is 17.8 Å². The topological polar surface area (TPSA) is 38.3 Å². The third-order valence-electron chi connectivity index (χ3n) is 5.53. The molecule has 0 heterocycles. The minimum Gasteiger partial charge on any atom is -0.463 e. The van der Waals surface area contributed by atoms with Gasteiger partial charge in [0.1, 0.15) is 0 Å². The number of anilines is 1. The highest BCUT2D eigenvalue weighted by Gasteiger charge is 1.98. The predicted octanol–water partition coefficient (Wildman–Crippen LogP) is 8.32. The minimum absolute atomic E-state index is 0.301. The summed E-state index contributed by atoms with van der Waals surface area (Å²) in [6.45, 7) is 9.74. The first-order valence-corrected chi connectivity index (χ1v) is 12.5. The standard InChI is InChI=1S/C28H45NO2/c1-4-6-7-8-9-10-11-13-16-25(3)17-14-12-15-24-29-27-21-18-26(19-22-27)20-23-28(30)31-5-2/h18-23,29H,3-17,24H2,1-2H3/b23-20+. The van der Waals surface area contributed by atoms with Crippen LogP contribution in [0.1, 0.15) is 103 Å². The number of benzene rings is 1. The van der Waals surface area contributed by atoms with Crippen LogP contribution >= 0.6 is 0 Å². The third-order valence-corrected chi connectivity index (χ3v) is 5.53. The molecule has 174 valence electrons. The molecule has 31 heavy (non-hydrogen) atoms. The van der Waals surface area contributed by atoms with Crippen molar-refractivity contribution >= 4 is 17.7 Å². The molecule has 1 aromatic rings. The van der Waals surface area contributed by atoms with Gasteiger partial charge in [-0.25, -0.2) is 4.79 Å². The van der Waals surface area contributed by atoms with Gasteiger partial charge in [0.15, 0.2) is 0 Å². The molecule has 0 saturated heterocycles. The van der Waals surface area contributed by atoms with E-state index in [1.54, 1.807) is 13.0 Å². The summed E-state index contributed by atoms with van der Waals surface area (Å²) in [6, 6.07) is 8.12. The molecular formula is C28H45NO2. The number of carbonyl (C=O) groups is 1. The zero-order chi connectivity index (χ0) is 22.6. The monoisotopic (exact) mass is 427 g/mol. The van der Waals surface area contributed by atoms with E-state index in [1.165, 1.54) is 95.1 Å². The third kappa shape index (κ3) is 15.4. The lowest BCUT2D eigenvalue weighted by molar-refractivity contribution is -0.137. The minimum atomic E-state index is -0.301. The van der Waals surface area contributed by atoms with Crippen LogP contribution in [-0.4, -0.2) is 19.1 Å². The van der Waals surface area contributed by atoms with Gasteiger partial charge >= 0.3 is 5.97 Å². The second kappa shape index (κ2) is 18.7. The average molecular weight is 428 g/mol. The second-order valence-electron chi connectivity index (χ2n) is 8.42. The van der Waals surface area contributed by atoms with E-state index in [0.29, 0.717) is 6.61 Å². The van der Waals surface area contributed by atoms with Crippen molar-refractivity contribution in [2.75, 3.05) is 18.5 Å². The van der Waals surface area contributed by atoms with Gasteiger partial charge in [-0.1, -0.05) is 82.6 Å². The van der Waals surface area contributed by atoms with Crippen LogP contribution in [0.25, 0.3) is 6.08 Å². The summed E-state index contributed by atoms with van der Waals surface area (Å²) >= 11 is 0. The molecule has 0 amide bonds. The van der Waals surface area contributed by atoms with Gasteiger partial charge < -0.3 is 10.1 Å². The first kappa shape index (κ1) is 27.0. The summed E-state index contributed by atoms with van der Waals surface area (Å²) in [4.78, 5) is 11.3. The molecular weight excluding hydrogens is 382 g/mol. The van der Waals surface area contributed by atoms with Crippen LogP contribution in [0.15, 0.2) is 42.5 Å². The molecule has 0 aliphatic carbocycles. The van der Waals surface area contributed by atoms with Gasteiger partial charge in [-0.3, -0.25) is 0 Å². The van der Waals surface area contributed by atoms with Crippen molar-refractivity contribution in [2.24, 2.45) is 0 Å². The van der Waals surface area contributed by atoms with Gasteiger partial charge in [-0.2, -0.15) is 0 Å². The number of rotatable bonds is 19. The normalized spacial score (nSPS) is 11.0. The van der Waals surface area contributed by atoms with E-state index in [1.807, 2.05) is 12.1 Å². The van der Waals surface area contributed by atoms with E-state index < -0.39 is 0 Å². The maximum atomic E-state index is 11.3.